The van der Waals surface area contributed by atoms with Crippen LogP contribution in [0.5, 0.6) is 0 Å². The molecule has 0 bridgehead atoms. The molecule has 0 aliphatic heterocycles. The van der Waals surface area contributed by atoms with E-state index in [4.69, 9.17) is 5.11 Å². The molecule has 8 nitrogen and oxygen atoms in total. The van der Waals surface area contributed by atoms with Crippen LogP contribution in [0.25, 0.3) is 5.69 Å². The lowest BCUT2D eigenvalue weighted by molar-refractivity contribution is -0.137. The number of nitrogens with one attached hydrogen (secondary N) is 1. The molecule has 0 radical (unpaired) electrons. The summed E-state index contributed by atoms with van der Waals surface area (Å²) in [5, 5.41) is 23.1. The van der Waals surface area contributed by atoms with E-state index < -0.39 is 5.97 Å². The number of nitrogens with zero attached hydrogens (tertiary/aromatic N) is 4. The normalized spacial score (nSPS) is 16.0. The Hall–Kier alpha value is -2.77. The average molecular weight is 371 g/mol. The predicted octanol–water partition coefficient (Wildman–Crippen LogP) is 2.60. The first kappa shape index (κ1) is 19.0. The number of carbonyl (C=O) groups excluding carboxylic acids is 1. The number of aliphatic carboxylic acids is 1. The van der Waals surface area contributed by atoms with E-state index in [0.717, 1.165) is 19.3 Å². The number of benzene rings is 1. The Morgan fingerprint density at radius 2 is 2.07 bits per heavy atom. The lowest BCUT2D eigenvalue weighted by Crippen LogP contribution is -2.37. The van der Waals surface area contributed by atoms with Gasteiger partial charge < -0.3 is 10.4 Å². The fourth-order valence-corrected chi connectivity index (χ4v) is 3.71. The molecule has 3 rings (SSSR count). The van der Waals surface area contributed by atoms with Gasteiger partial charge in [0, 0.05) is 18.0 Å². The topological polar surface area (TPSA) is 110 Å². The summed E-state index contributed by atoms with van der Waals surface area (Å²) in [6.45, 7) is 0. The Morgan fingerprint density at radius 3 is 2.78 bits per heavy atom. The van der Waals surface area contributed by atoms with Gasteiger partial charge in [-0.25, -0.2) is 4.68 Å². The molecule has 1 aliphatic carbocycles. The molecule has 27 heavy (non-hydrogen) atoms. The molecule has 2 aromatic rings. The van der Waals surface area contributed by atoms with Crippen LogP contribution in [0.2, 0.25) is 0 Å². The molecule has 1 fully saturated rings. The van der Waals surface area contributed by atoms with Crippen molar-refractivity contribution in [2.24, 2.45) is 5.92 Å². The average Bonchev–Trinajstić information content (AvgIpc) is 3.22. The van der Waals surface area contributed by atoms with Crippen molar-refractivity contribution in [1.29, 1.82) is 0 Å². The van der Waals surface area contributed by atoms with Crippen LogP contribution in [0.15, 0.2) is 30.6 Å². The number of carbonyl (C=O) groups is 2. The monoisotopic (exact) mass is 371 g/mol. The summed E-state index contributed by atoms with van der Waals surface area (Å²) in [5.74, 6) is -0.472. The molecule has 1 unspecified atom stereocenters. The lowest BCUT2D eigenvalue weighted by atomic mass is 9.84. The lowest BCUT2D eigenvalue weighted by Gasteiger charge is -2.27. The largest absolute Gasteiger partial charge is 0.481 e. The van der Waals surface area contributed by atoms with E-state index in [1.807, 2.05) is 6.07 Å². The molecule has 0 saturated heterocycles. The zero-order valence-corrected chi connectivity index (χ0v) is 15.3. The summed E-state index contributed by atoms with van der Waals surface area (Å²) >= 11 is 0. The Morgan fingerprint density at radius 1 is 1.26 bits per heavy atom. The van der Waals surface area contributed by atoms with E-state index in [1.54, 1.807) is 18.2 Å². The minimum Gasteiger partial charge on any atom is -0.481 e. The molecule has 1 aliphatic rings. The highest BCUT2D eigenvalue weighted by Crippen LogP contribution is 2.28. The molecule has 2 N–H and O–H groups in total. The molecule has 1 saturated carbocycles. The quantitative estimate of drug-likeness (QED) is 0.738. The molecule has 1 aromatic heterocycles. The van der Waals surface area contributed by atoms with Gasteiger partial charge in [-0.2, -0.15) is 0 Å². The van der Waals surface area contributed by atoms with E-state index in [2.05, 4.69) is 20.8 Å². The Bertz CT molecular complexity index is 756. The zero-order chi connectivity index (χ0) is 19.1. The summed E-state index contributed by atoms with van der Waals surface area (Å²) in [4.78, 5) is 23.7. The molecule has 1 atom stereocenters. The maximum Gasteiger partial charge on any atom is 0.303 e. The number of rotatable bonds is 8. The van der Waals surface area contributed by atoms with Crippen molar-refractivity contribution in [1.82, 2.24) is 25.5 Å². The van der Waals surface area contributed by atoms with Crippen LogP contribution in [0, 0.1) is 5.92 Å². The highest BCUT2D eigenvalue weighted by atomic mass is 16.4. The van der Waals surface area contributed by atoms with Gasteiger partial charge in [0.1, 0.15) is 6.33 Å². The second kappa shape index (κ2) is 9.25. The van der Waals surface area contributed by atoms with Gasteiger partial charge >= 0.3 is 5.97 Å². The van der Waals surface area contributed by atoms with Gasteiger partial charge in [0.25, 0.3) is 5.91 Å². The van der Waals surface area contributed by atoms with Gasteiger partial charge in [0.15, 0.2) is 0 Å². The molecule has 8 heteroatoms. The summed E-state index contributed by atoms with van der Waals surface area (Å²) in [6.07, 6.45) is 8.85. The Balaban J connectivity index is 1.67. The fraction of sp³-hybridized carbons (Fsp3) is 0.526. The summed E-state index contributed by atoms with van der Waals surface area (Å²) < 4.78 is 1.49. The zero-order valence-electron chi connectivity index (χ0n) is 15.3. The van der Waals surface area contributed by atoms with Gasteiger partial charge in [-0.3, -0.25) is 9.59 Å². The molecular weight excluding hydrogens is 346 g/mol. The maximum atomic E-state index is 12.7. The number of carboxylic acid groups (broad SMARTS) is 1. The van der Waals surface area contributed by atoms with Crippen molar-refractivity contribution >= 4 is 11.9 Å². The van der Waals surface area contributed by atoms with Crippen molar-refractivity contribution < 1.29 is 14.7 Å². The maximum absolute atomic E-state index is 12.7. The Labute approximate surface area is 158 Å². The van der Waals surface area contributed by atoms with Crippen LogP contribution in [0.3, 0.4) is 0 Å². The molecule has 1 heterocycles. The SMILES string of the molecule is O=C(O)CCC(CC1CCCCC1)NC(=O)c1cccc(-n2cnnn2)c1. The van der Waals surface area contributed by atoms with Crippen LogP contribution >= 0.6 is 0 Å². The third-order valence-electron chi connectivity index (χ3n) is 5.11. The Kier molecular flexibility index (Phi) is 6.51. The number of tetrazole rings is 1. The second-order valence-corrected chi connectivity index (χ2v) is 7.15. The van der Waals surface area contributed by atoms with Gasteiger partial charge in [-0.05, 0) is 47.4 Å². The van der Waals surface area contributed by atoms with Crippen molar-refractivity contribution in [3.63, 3.8) is 0 Å². The molecule has 1 aromatic carbocycles. The van der Waals surface area contributed by atoms with Crippen molar-refractivity contribution in [2.75, 3.05) is 0 Å². The van der Waals surface area contributed by atoms with Gasteiger partial charge in [-0.15, -0.1) is 5.10 Å². The van der Waals surface area contributed by atoms with Crippen molar-refractivity contribution in [3.8, 4) is 5.69 Å². The van der Waals surface area contributed by atoms with Crippen LogP contribution < -0.4 is 5.32 Å². The van der Waals surface area contributed by atoms with E-state index in [0.29, 0.717) is 23.6 Å². The third kappa shape index (κ3) is 5.60. The first-order chi connectivity index (χ1) is 13.1. The predicted molar refractivity (Wildman–Crippen MR) is 98.5 cm³/mol. The number of amides is 1. The standard InChI is InChI=1S/C19H25N5O3/c25-18(26)10-9-16(11-14-5-2-1-3-6-14)21-19(27)15-7-4-8-17(12-15)24-13-20-22-23-24/h4,7-8,12-14,16H,1-3,5-6,9-11H2,(H,21,27)(H,25,26). The van der Waals surface area contributed by atoms with Gasteiger partial charge in [0.2, 0.25) is 0 Å². The fourth-order valence-electron chi connectivity index (χ4n) is 3.71. The van der Waals surface area contributed by atoms with E-state index in [-0.39, 0.29) is 18.4 Å². The minimum absolute atomic E-state index is 0.0579. The highest BCUT2D eigenvalue weighted by Gasteiger charge is 2.22. The molecule has 1 amide bonds. The van der Waals surface area contributed by atoms with Gasteiger partial charge in [0.05, 0.1) is 5.69 Å². The first-order valence-electron chi connectivity index (χ1n) is 9.48. The summed E-state index contributed by atoms with van der Waals surface area (Å²) in [5.41, 5.74) is 1.20. The number of hydrogen-bond donors (Lipinski definition) is 2. The van der Waals surface area contributed by atoms with E-state index >= 15 is 0 Å². The van der Waals surface area contributed by atoms with Crippen LogP contribution in [0.1, 0.15) is 61.7 Å². The highest BCUT2D eigenvalue weighted by molar-refractivity contribution is 5.94. The minimum atomic E-state index is -0.835. The molecular formula is C19H25N5O3. The second-order valence-electron chi connectivity index (χ2n) is 7.15. The number of aromatic nitrogens is 4. The molecule has 144 valence electrons. The van der Waals surface area contributed by atoms with Crippen molar-refractivity contribution in [2.45, 2.75) is 57.4 Å². The first-order valence-corrected chi connectivity index (χ1v) is 9.48. The van der Waals surface area contributed by atoms with Crippen LogP contribution in [0.4, 0.5) is 0 Å². The summed E-state index contributed by atoms with van der Waals surface area (Å²) in [6, 6.07) is 6.92. The van der Waals surface area contributed by atoms with Crippen LogP contribution in [-0.2, 0) is 4.79 Å². The molecule has 0 spiro atoms. The third-order valence-corrected chi connectivity index (χ3v) is 5.11. The number of hydrogen-bond acceptors (Lipinski definition) is 5. The van der Waals surface area contributed by atoms with Crippen LogP contribution in [-0.4, -0.2) is 43.2 Å². The van der Waals surface area contributed by atoms with Crippen molar-refractivity contribution in [3.05, 3.63) is 36.2 Å². The summed E-state index contributed by atoms with van der Waals surface area (Å²) in [7, 11) is 0. The van der Waals surface area contributed by atoms with E-state index in [1.165, 1.54) is 30.3 Å². The van der Waals surface area contributed by atoms with E-state index in [9.17, 15) is 9.59 Å². The smallest absolute Gasteiger partial charge is 0.303 e. The number of carboxylic acids is 1. The van der Waals surface area contributed by atoms with Gasteiger partial charge in [-0.1, -0.05) is 38.2 Å².